The maximum absolute atomic E-state index is 11.5. The van der Waals surface area contributed by atoms with Gasteiger partial charge in [-0.1, -0.05) is 20.3 Å². The molecule has 2 saturated heterocycles. The first-order valence-electron chi connectivity index (χ1n) is 8.24. The van der Waals surface area contributed by atoms with Gasteiger partial charge < -0.3 is 19.3 Å². The summed E-state index contributed by atoms with van der Waals surface area (Å²) in [6.07, 6.45) is 5.24. The zero-order valence-electron chi connectivity index (χ0n) is 13.1. The van der Waals surface area contributed by atoms with Crippen molar-refractivity contribution >= 4 is 5.97 Å². The number of rotatable bonds is 9. The van der Waals surface area contributed by atoms with E-state index >= 15 is 0 Å². The van der Waals surface area contributed by atoms with Gasteiger partial charge in [0.05, 0.1) is 18.8 Å². The molecule has 0 aromatic carbocycles. The van der Waals surface area contributed by atoms with Gasteiger partial charge in [0.1, 0.15) is 6.10 Å². The predicted octanol–water partition coefficient (Wildman–Crippen LogP) is 2.40. The lowest BCUT2D eigenvalue weighted by molar-refractivity contribution is -0.144. The summed E-state index contributed by atoms with van der Waals surface area (Å²) in [7, 11) is 0. The van der Waals surface area contributed by atoms with Crippen LogP contribution in [0.25, 0.3) is 0 Å². The van der Waals surface area contributed by atoms with Crippen molar-refractivity contribution in [1.82, 2.24) is 0 Å². The van der Waals surface area contributed by atoms with E-state index in [9.17, 15) is 9.90 Å². The summed E-state index contributed by atoms with van der Waals surface area (Å²) < 4.78 is 16.1. The lowest BCUT2D eigenvalue weighted by atomic mass is 9.94. The van der Waals surface area contributed by atoms with Crippen molar-refractivity contribution in [3.05, 3.63) is 0 Å². The molecule has 5 atom stereocenters. The van der Waals surface area contributed by atoms with Crippen LogP contribution in [-0.2, 0) is 19.0 Å². The molecule has 2 rings (SSSR count). The number of aliphatic hydroxyl groups is 1. The van der Waals surface area contributed by atoms with Crippen LogP contribution in [0.15, 0.2) is 0 Å². The van der Waals surface area contributed by atoms with E-state index in [-0.39, 0.29) is 24.5 Å². The molecule has 0 spiro atoms. The number of esters is 1. The Labute approximate surface area is 126 Å². The van der Waals surface area contributed by atoms with E-state index in [1.807, 2.05) is 0 Å². The highest BCUT2D eigenvalue weighted by atomic mass is 16.8. The highest BCUT2D eigenvalue weighted by Gasteiger charge is 2.49. The minimum absolute atomic E-state index is 0.0813. The number of aliphatic hydroxyl groups excluding tert-OH is 1. The van der Waals surface area contributed by atoms with Gasteiger partial charge in [0, 0.05) is 12.8 Å². The van der Waals surface area contributed by atoms with E-state index < -0.39 is 6.10 Å². The summed E-state index contributed by atoms with van der Waals surface area (Å²) in [6, 6.07) is 0. The average molecular weight is 300 g/mol. The third-order valence-corrected chi connectivity index (χ3v) is 4.29. The van der Waals surface area contributed by atoms with Crippen LogP contribution in [0.4, 0.5) is 0 Å². The number of carbonyl (C=O) groups is 1. The summed E-state index contributed by atoms with van der Waals surface area (Å²) in [4.78, 5) is 11.5. The van der Waals surface area contributed by atoms with Gasteiger partial charge in [0.2, 0.25) is 0 Å². The van der Waals surface area contributed by atoms with E-state index in [1.165, 1.54) is 0 Å². The molecule has 0 aromatic heterocycles. The zero-order valence-corrected chi connectivity index (χ0v) is 13.1. The molecular formula is C16H28O5. The normalized spacial score (nSPS) is 32.3. The summed E-state index contributed by atoms with van der Waals surface area (Å²) in [5, 5.41) is 9.94. The lowest BCUT2D eigenvalue weighted by Crippen LogP contribution is -2.36. The Morgan fingerprint density at radius 3 is 2.95 bits per heavy atom. The highest BCUT2D eigenvalue weighted by Crippen LogP contribution is 2.37. The van der Waals surface area contributed by atoms with Crippen molar-refractivity contribution in [3.8, 4) is 0 Å². The fourth-order valence-electron chi connectivity index (χ4n) is 2.69. The second kappa shape index (κ2) is 8.11. The van der Waals surface area contributed by atoms with Crippen molar-refractivity contribution in [2.45, 2.75) is 83.4 Å². The lowest BCUT2D eigenvalue weighted by Gasteiger charge is -2.26. The van der Waals surface area contributed by atoms with Gasteiger partial charge in [-0.2, -0.15) is 0 Å². The van der Waals surface area contributed by atoms with Crippen molar-refractivity contribution in [2.24, 2.45) is 5.92 Å². The molecule has 2 heterocycles. The topological polar surface area (TPSA) is 68.3 Å². The van der Waals surface area contributed by atoms with Gasteiger partial charge in [-0.25, -0.2) is 0 Å². The number of fused-ring (bicyclic) bond motifs is 1. The first-order chi connectivity index (χ1) is 10.1. The summed E-state index contributed by atoms with van der Waals surface area (Å²) in [6.45, 7) is 4.74. The SMILES string of the molecule is CCCCOC(=O)CC[C@@H](C)CC[C@@H]1OC2O[C@@H]2C[C@@H]1O. The fourth-order valence-corrected chi connectivity index (χ4v) is 2.69. The smallest absolute Gasteiger partial charge is 0.305 e. The minimum Gasteiger partial charge on any atom is -0.466 e. The molecule has 2 fully saturated rings. The molecule has 5 nitrogen and oxygen atoms in total. The first-order valence-corrected chi connectivity index (χ1v) is 8.24. The van der Waals surface area contributed by atoms with Crippen LogP contribution in [0.5, 0.6) is 0 Å². The Morgan fingerprint density at radius 1 is 1.38 bits per heavy atom. The monoisotopic (exact) mass is 300 g/mol. The van der Waals surface area contributed by atoms with Gasteiger partial charge in [0.25, 0.3) is 0 Å². The predicted molar refractivity (Wildman–Crippen MR) is 77.7 cm³/mol. The molecule has 0 aliphatic carbocycles. The number of epoxide rings is 1. The van der Waals surface area contributed by atoms with Crippen LogP contribution in [0.1, 0.15) is 58.8 Å². The molecule has 5 heteroatoms. The van der Waals surface area contributed by atoms with Crippen LogP contribution >= 0.6 is 0 Å². The Morgan fingerprint density at radius 2 is 2.19 bits per heavy atom. The zero-order chi connectivity index (χ0) is 15.2. The van der Waals surface area contributed by atoms with Crippen LogP contribution in [0.2, 0.25) is 0 Å². The average Bonchev–Trinajstić information content (AvgIpc) is 3.20. The van der Waals surface area contributed by atoms with Crippen LogP contribution < -0.4 is 0 Å². The molecule has 0 radical (unpaired) electrons. The first kappa shape index (κ1) is 16.7. The van der Waals surface area contributed by atoms with E-state index in [0.717, 1.165) is 32.1 Å². The molecule has 1 N–H and O–H groups in total. The fraction of sp³-hybridized carbons (Fsp3) is 0.938. The number of hydrogen-bond acceptors (Lipinski definition) is 5. The Balaban J connectivity index is 1.54. The molecule has 122 valence electrons. The van der Waals surface area contributed by atoms with E-state index in [0.29, 0.717) is 25.4 Å². The van der Waals surface area contributed by atoms with Gasteiger partial charge in [-0.3, -0.25) is 4.79 Å². The number of hydrogen-bond donors (Lipinski definition) is 1. The molecule has 0 aromatic rings. The molecule has 0 amide bonds. The maximum atomic E-state index is 11.5. The van der Waals surface area contributed by atoms with Gasteiger partial charge in [0.15, 0.2) is 6.29 Å². The largest absolute Gasteiger partial charge is 0.466 e. The second-order valence-corrected chi connectivity index (χ2v) is 6.32. The number of ether oxygens (including phenoxy) is 3. The third-order valence-electron chi connectivity index (χ3n) is 4.29. The van der Waals surface area contributed by atoms with Crippen LogP contribution in [-0.4, -0.2) is 42.3 Å². The van der Waals surface area contributed by atoms with Crippen molar-refractivity contribution < 1.29 is 24.1 Å². The summed E-state index contributed by atoms with van der Waals surface area (Å²) in [5.74, 6) is 0.329. The van der Waals surface area contributed by atoms with Crippen LogP contribution in [0, 0.1) is 5.92 Å². The highest BCUT2D eigenvalue weighted by molar-refractivity contribution is 5.69. The van der Waals surface area contributed by atoms with Crippen molar-refractivity contribution in [3.63, 3.8) is 0 Å². The Hall–Kier alpha value is -0.650. The molecule has 2 aliphatic heterocycles. The standard InChI is InChI=1S/C16H28O5/c1-3-4-9-19-15(18)8-6-11(2)5-7-13-12(17)10-14-16(20-13)21-14/h11-14,16-17H,3-10H2,1-2H3/t11-,12-,13-,14+,16?/m0/s1. The second-order valence-electron chi connectivity index (χ2n) is 6.32. The van der Waals surface area contributed by atoms with E-state index in [4.69, 9.17) is 14.2 Å². The molecule has 2 aliphatic rings. The van der Waals surface area contributed by atoms with Crippen molar-refractivity contribution in [2.75, 3.05) is 6.61 Å². The molecule has 0 bridgehead atoms. The minimum atomic E-state index is -0.417. The van der Waals surface area contributed by atoms with E-state index in [1.54, 1.807) is 0 Å². The number of unbranched alkanes of at least 4 members (excludes halogenated alkanes) is 1. The number of carbonyl (C=O) groups excluding carboxylic acids is 1. The van der Waals surface area contributed by atoms with Crippen molar-refractivity contribution in [1.29, 1.82) is 0 Å². The third kappa shape index (κ3) is 5.57. The summed E-state index contributed by atoms with van der Waals surface area (Å²) >= 11 is 0. The van der Waals surface area contributed by atoms with Gasteiger partial charge >= 0.3 is 5.97 Å². The van der Waals surface area contributed by atoms with Gasteiger partial charge in [-0.05, 0) is 31.6 Å². The molecule has 21 heavy (non-hydrogen) atoms. The Bertz CT molecular complexity index is 333. The summed E-state index contributed by atoms with van der Waals surface area (Å²) in [5.41, 5.74) is 0. The van der Waals surface area contributed by atoms with Crippen LogP contribution in [0.3, 0.4) is 0 Å². The maximum Gasteiger partial charge on any atom is 0.305 e. The molecule has 0 saturated carbocycles. The quantitative estimate of drug-likeness (QED) is 0.402. The Kier molecular flexibility index (Phi) is 6.45. The van der Waals surface area contributed by atoms with E-state index in [2.05, 4.69) is 13.8 Å². The molecule has 1 unspecified atom stereocenters. The van der Waals surface area contributed by atoms with Gasteiger partial charge in [-0.15, -0.1) is 0 Å². The molecular weight excluding hydrogens is 272 g/mol.